The number of halogens is 1. The molecule has 4 nitrogen and oxygen atoms in total. The van der Waals surface area contributed by atoms with E-state index in [9.17, 15) is 14.3 Å². The highest BCUT2D eigenvalue weighted by atomic mass is 19.1. The third-order valence-corrected chi connectivity index (χ3v) is 5.32. The van der Waals surface area contributed by atoms with Gasteiger partial charge in [-0.15, -0.1) is 0 Å². The van der Waals surface area contributed by atoms with Crippen LogP contribution in [0.4, 0.5) is 4.39 Å². The molecule has 0 saturated carbocycles. The fourth-order valence-corrected chi connectivity index (χ4v) is 3.66. The number of nitrogens with zero attached hydrogens (tertiary/aromatic N) is 2. The zero-order valence-electron chi connectivity index (χ0n) is 15.8. The van der Waals surface area contributed by atoms with E-state index in [1.165, 1.54) is 12.1 Å². The summed E-state index contributed by atoms with van der Waals surface area (Å²) >= 11 is 0. The van der Waals surface area contributed by atoms with Crippen molar-refractivity contribution in [2.45, 2.75) is 32.4 Å². The molecule has 2 aromatic rings. The van der Waals surface area contributed by atoms with Crippen LogP contribution in [0.2, 0.25) is 0 Å². The van der Waals surface area contributed by atoms with Crippen LogP contribution in [0.1, 0.15) is 23.1 Å². The molecule has 5 heteroatoms. The molecular formula is C22H27FN2O2. The highest BCUT2D eigenvalue weighted by Crippen LogP contribution is 2.18. The lowest BCUT2D eigenvalue weighted by Gasteiger charge is -2.41. The quantitative estimate of drug-likeness (QED) is 0.850. The van der Waals surface area contributed by atoms with E-state index >= 15 is 0 Å². The van der Waals surface area contributed by atoms with Crippen molar-refractivity contribution >= 4 is 5.91 Å². The Morgan fingerprint density at radius 1 is 1.15 bits per heavy atom. The van der Waals surface area contributed by atoms with Crippen LogP contribution in [0.25, 0.3) is 0 Å². The molecule has 0 unspecified atom stereocenters. The first-order valence-electron chi connectivity index (χ1n) is 9.48. The number of rotatable bonds is 6. The molecule has 0 bridgehead atoms. The van der Waals surface area contributed by atoms with E-state index in [-0.39, 0.29) is 24.4 Å². The topological polar surface area (TPSA) is 43.8 Å². The Morgan fingerprint density at radius 3 is 2.59 bits per heavy atom. The standard InChI is InChI=1S/C22H27FN2O2/c1-17-4-2-3-5-19(17)14-22(27)25-12-11-24(21(16-25)10-13-26)15-18-6-8-20(23)9-7-18/h2-9,21,26H,10-16H2,1H3/t21-/m0/s1. The van der Waals surface area contributed by atoms with Crippen LogP contribution in [0, 0.1) is 12.7 Å². The summed E-state index contributed by atoms with van der Waals surface area (Å²) in [5, 5.41) is 9.46. The van der Waals surface area contributed by atoms with Crippen molar-refractivity contribution in [3.63, 3.8) is 0 Å². The molecule has 144 valence electrons. The van der Waals surface area contributed by atoms with E-state index in [0.717, 1.165) is 23.2 Å². The van der Waals surface area contributed by atoms with Crippen molar-refractivity contribution in [3.05, 3.63) is 71.0 Å². The number of aliphatic hydroxyl groups excluding tert-OH is 1. The lowest BCUT2D eigenvalue weighted by Crippen LogP contribution is -2.54. The molecule has 1 atom stereocenters. The Morgan fingerprint density at radius 2 is 1.89 bits per heavy atom. The minimum atomic E-state index is -0.239. The van der Waals surface area contributed by atoms with Crippen molar-refractivity contribution < 1.29 is 14.3 Å². The summed E-state index contributed by atoms with van der Waals surface area (Å²) in [6.45, 7) is 4.86. The second-order valence-electron chi connectivity index (χ2n) is 7.21. The summed E-state index contributed by atoms with van der Waals surface area (Å²) in [6.07, 6.45) is 1.03. The minimum Gasteiger partial charge on any atom is -0.396 e. The molecule has 1 heterocycles. The summed E-state index contributed by atoms with van der Waals surface area (Å²) in [6, 6.07) is 14.6. The fraction of sp³-hybridized carbons (Fsp3) is 0.409. The number of hydrogen-bond acceptors (Lipinski definition) is 3. The Hall–Kier alpha value is -2.24. The first-order chi connectivity index (χ1) is 13.1. The average molecular weight is 370 g/mol. The van der Waals surface area contributed by atoms with Gasteiger partial charge < -0.3 is 10.0 Å². The molecule has 1 aliphatic rings. The maximum Gasteiger partial charge on any atom is 0.227 e. The molecule has 2 aromatic carbocycles. The smallest absolute Gasteiger partial charge is 0.227 e. The van der Waals surface area contributed by atoms with Crippen molar-refractivity contribution in [2.75, 3.05) is 26.2 Å². The number of piperazine rings is 1. The van der Waals surface area contributed by atoms with Gasteiger partial charge in [0, 0.05) is 38.8 Å². The molecule has 0 aliphatic carbocycles. The molecule has 27 heavy (non-hydrogen) atoms. The maximum atomic E-state index is 13.1. The van der Waals surface area contributed by atoms with Gasteiger partial charge in [0.25, 0.3) is 0 Å². The Balaban J connectivity index is 1.63. The van der Waals surface area contributed by atoms with Crippen LogP contribution in [-0.4, -0.2) is 53.1 Å². The van der Waals surface area contributed by atoms with Gasteiger partial charge in [0.15, 0.2) is 0 Å². The number of benzene rings is 2. The number of aryl methyl sites for hydroxylation is 1. The lowest BCUT2D eigenvalue weighted by molar-refractivity contribution is -0.133. The Bertz CT molecular complexity index is 763. The normalized spacial score (nSPS) is 17.9. The SMILES string of the molecule is Cc1ccccc1CC(=O)N1CCN(Cc2ccc(F)cc2)[C@@H](CCO)C1. The molecular weight excluding hydrogens is 343 g/mol. The maximum absolute atomic E-state index is 13.1. The van der Waals surface area contributed by atoms with Crippen molar-refractivity contribution in [1.29, 1.82) is 0 Å². The van der Waals surface area contributed by atoms with Gasteiger partial charge in [-0.05, 0) is 42.2 Å². The van der Waals surface area contributed by atoms with Crippen LogP contribution in [-0.2, 0) is 17.8 Å². The summed E-state index contributed by atoms with van der Waals surface area (Å²) in [7, 11) is 0. The van der Waals surface area contributed by atoms with Gasteiger partial charge in [0.2, 0.25) is 5.91 Å². The predicted molar refractivity (Wildman–Crippen MR) is 104 cm³/mol. The minimum absolute atomic E-state index is 0.0877. The highest BCUT2D eigenvalue weighted by Gasteiger charge is 2.29. The number of carbonyl (C=O) groups excluding carboxylic acids is 1. The van der Waals surface area contributed by atoms with E-state index in [4.69, 9.17) is 0 Å². The molecule has 0 spiro atoms. The van der Waals surface area contributed by atoms with E-state index < -0.39 is 0 Å². The molecule has 3 rings (SSSR count). The second-order valence-corrected chi connectivity index (χ2v) is 7.21. The van der Waals surface area contributed by atoms with Crippen molar-refractivity contribution in [2.24, 2.45) is 0 Å². The predicted octanol–water partition coefficient (Wildman–Crippen LogP) is 2.77. The van der Waals surface area contributed by atoms with Gasteiger partial charge in [-0.3, -0.25) is 9.69 Å². The second kappa shape index (κ2) is 9.11. The van der Waals surface area contributed by atoms with Crippen molar-refractivity contribution in [3.8, 4) is 0 Å². The Kier molecular flexibility index (Phi) is 6.58. The van der Waals surface area contributed by atoms with Crippen LogP contribution < -0.4 is 0 Å². The molecule has 0 aromatic heterocycles. The highest BCUT2D eigenvalue weighted by molar-refractivity contribution is 5.79. The van der Waals surface area contributed by atoms with Gasteiger partial charge in [-0.1, -0.05) is 36.4 Å². The first-order valence-corrected chi connectivity index (χ1v) is 9.48. The zero-order chi connectivity index (χ0) is 19.2. The summed E-state index contributed by atoms with van der Waals surface area (Å²) in [5.41, 5.74) is 3.24. The van der Waals surface area contributed by atoms with Gasteiger partial charge in [0.1, 0.15) is 5.82 Å². The Labute approximate surface area is 160 Å². The first kappa shape index (κ1) is 19.5. The van der Waals surface area contributed by atoms with Crippen LogP contribution in [0.15, 0.2) is 48.5 Å². The number of hydrogen-bond donors (Lipinski definition) is 1. The number of carbonyl (C=O) groups is 1. The number of amides is 1. The molecule has 0 radical (unpaired) electrons. The van der Waals surface area contributed by atoms with E-state index in [0.29, 0.717) is 32.5 Å². The third kappa shape index (κ3) is 5.15. The molecule has 1 amide bonds. The molecule has 1 N–H and O–H groups in total. The third-order valence-electron chi connectivity index (χ3n) is 5.32. The fourth-order valence-electron chi connectivity index (χ4n) is 3.66. The van der Waals surface area contributed by atoms with Crippen LogP contribution in [0.5, 0.6) is 0 Å². The van der Waals surface area contributed by atoms with E-state index in [1.54, 1.807) is 12.1 Å². The summed E-state index contributed by atoms with van der Waals surface area (Å²) < 4.78 is 13.1. The van der Waals surface area contributed by atoms with Gasteiger partial charge in [-0.2, -0.15) is 0 Å². The average Bonchev–Trinajstić information content (AvgIpc) is 2.67. The van der Waals surface area contributed by atoms with Crippen molar-refractivity contribution in [1.82, 2.24) is 9.80 Å². The molecule has 1 aliphatic heterocycles. The largest absolute Gasteiger partial charge is 0.396 e. The van der Waals surface area contributed by atoms with E-state index in [1.807, 2.05) is 36.1 Å². The summed E-state index contributed by atoms with van der Waals surface area (Å²) in [5.74, 6) is -0.106. The lowest BCUT2D eigenvalue weighted by atomic mass is 10.0. The van der Waals surface area contributed by atoms with E-state index in [2.05, 4.69) is 4.90 Å². The number of aliphatic hydroxyl groups is 1. The summed E-state index contributed by atoms with van der Waals surface area (Å²) in [4.78, 5) is 17.0. The monoisotopic (exact) mass is 370 g/mol. The van der Waals surface area contributed by atoms with Gasteiger partial charge in [-0.25, -0.2) is 4.39 Å². The van der Waals surface area contributed by atoms with Gasteiger partial charge >= 0.3 is 0 Å². The van der Waals surface area contributed by atoms with Gasteiger partial charge in [0.05, 0.1) is 6.42 Å². The van der Waals surface area contributed by atoms with Crippen LogP contribution >= 0.6 is 0 Å². The molecule has 1 fully saturated rings. The zero-order valence-corrected chi connectivity index (χ0v) is 15.8. The van der Waals surface area contributed by atoms with Crippen LogP contribution in [0.3, 0.4) is 0 Å². The molecule has 1 saturated heterocycles.